The SMILES string of the molecule is CCn1ncc2c1[C@@H](COCC1CC1)N(Cc1ccccn1)CC2. The average Bonchev–Trinajstić information content (AvgIpc) is 3.34. The van der Waals surface area contributed by atoms with Gasteiger partial charge >= 0.3 is 0 Å². The van der Waals surface area contributed by atoms with Gasteiger partial charge in [0.1, 0.15) is 0 Å². The zero-order valence-corrected chi connectivity index (χ0v) is 14.4. The first-order chi connectivity index (χ1) is 11.8. The van der Waals surface area contributed by atoms with Crippen molar-refractivity contribution in [2.24, 2.45) is 5.92 Å². The Morgan fingerprint density at radius 3 is 2.92 bits per heavy atom. The van der Waals surface area contributed by atoms with Gasteiger partial charge in [0.15, 0.2) is 0 Å². The molecular formula is C19H26N4O. The second-order valence-corrected chi connectivity index (χ2v) is 6.91. The molecule has 3 heterocycles. The van der Waals surface area contributed by atoms with Crippen LogP contribution in [0.5, 0.6) is 0 Å². The maximum Gasteiger partial charge on any atom is 0.0760 e. The number of pyridine rings is 1. The minimum absolute atomic E-state index is 0.275. The lowest BCUT2D eigenvalue weighted by molar-refractivity contribution is 0.0404. The Hall–Kier alpha value is -1.72. The number of ether oxygens (including phenoxy) is 1. The Morgan fingerprint density at radius 2 is 2.17 bits per heavy atom. The number of nitrogens with zero attached hydrogens (tertiary/aromatic N) is 4. The molecule has 1 fully saturated rings. The van der Waals surface area contributed by atoms with Crippen LogP contribution in [0.15, 0.2) is 30.6 Å². The molecule has 0 bridgehead atoms. The molecule has 0 unspecified atom stereocenters. The number of rotatable bonds is 7. The molecule has 0 aromatic carbocycles. The third kappa shape index (κ3) is 3.37. The summed E-state index contributed by atoms with van der Waals surface area (Å²) in [6.45, 7) is 6.63. The van der Waals surface area contributed by atoms with Crippen LogP contribution in [0.3, 0.4) is 0 Å². The average molecular weight is 326 g/mol. The highest BCUT2D eigenvalue weighted by Gasteiger charge is 2.32. The van der Waals surface area contributed by atoms with E-state index in [2.05, 4.69) is 38.7 Å². The van der Waals surface area contributed by atoms with Crippen molar-refractivity contribution in [1.82, 2.24) is 19.7 Å². The standard InChI is InChI=1S/C19H26N4O/c1-2-23-19-16(11-21-23)8-10-22(12-17-5-3-4-9-20-17)18(19)14-24-13-15-6-7-15/h3-5,9,11,15,18H,2,6-8,10,12-14H2,1H3/t18-/m1/s1. The topological polar surface area (TPSA) is 43.2 Å². The molecule has 1 saturated carbocycles. The molecule has 0 N–H and O–H groups in total. The van der Waals surface area contributed by atoms with Gasteiger partial charge in [-0.1, -0.05) is 6.07 Å². The van der Waals surface area contributed by atoms with Crippen LogP contribution < -0.4 is 0 Å². The molecule has 0 saturated heterocycles. The van der Waals surface area contributed by atoms with E-state index in [-0.39, 0.29) is 6.04 Å². The molecular weight excluding hydrogens is 300 g/mol. The summed E-state index contributed by atoms with van der Waals surface area (Å²) >= 11 is 0. The van der Waals surface area contributed by atoms with Gasteiger partial charge in [0, 0.05) is 32.4 Å². The molecule has 0 radical (unpaired) electrons. The van der Waals surface area contributed by atoms with Crippen molar-refractivity contribution in [3.8, 4) is 0 Å². The molecule has 1 aliphatic heterocycles. The largest absolute Gasteiger partial charge is 0.379 e. The van der Waals surface area contributed by atoms with E-state index in [1.54, 1.807) is 0 Å². The Labute approximate surface area is 143 Å². The van der Waals surface area contributed by atoms with E-state index in [0.717, 1.165) is 50.9 Å². The molecule has 1 aliphatic carbocycles. The van der Waals surface area contributed by atoms with E-state index in [1.165, 1.54) is 24.1 Å². The highest BCUT2D eigenvalue weighted by molar-refractivity contribution is 5.25. The summed E-state index contributed by atoms with van der Waals surface area (Å²) in [5.74, 6) is 0.799. The number of hydrogen-bond donors (Lipinski definition) is 0. The number of aromatic nitrogens is 3. The summed E-state index contributed by atoms with van der Waals surface area (Å²) in [7, 11) is 0. The zero-order valence-electron chi connectivity index (χ0n) is 14.4. The highest BCUT2D eigenvalue weighted by Crippen LogP contribution is 2.33. The third-order valence-corrected chi connectivity index (χ3v) is 5.10. The van der Waals surface area contributed by atoms with E-state index < -0.39 is 0 Å². The Balaban J connectivity index is 1.54. The summed E-state index contributed by atoms with van der Waals surface area (Å²) in [5, 5.41) is 4.58. The smallest absolute Gasteiger partial charge is 0.0760 e. The van der Waals surface area contributed by atoms with E-state index >= 15 is 0 Å². The van der Waals surface area contributed by atoms with Crippen LogP contribution >= 0.6 is 0 Å². The maximum atomic E-state index is 6.09. The van der Waals surface area contributed by atoms with Crippen molar-refractivity contribution in [2.75, 3.05) is 19.8 Å². The fraction of sp³-hybridized carbons (Fsp3) is 0.579. The maximum absolute atomic E-state index is 6.09. The molecule has 4 rings (SSSR count). The highest BCUT2D eigenvalue weighted by atomic mass is 16.5. The molecule has 5 nitrogen and oxygen atoms in total. The van der Waals surface area contributed by atoms with Crippen LogP contribution in [0, 0.1) is 5.92 Å². The predicted octanol–water partition coefficient (Wildman–Crippen LogP) is 2.82. The van der Waals surface area contributed by atoms with Gasteiger partial charge < -0.3 is 4.74 Å². The molecule has 24 heavy (non-hydrogen) atoms. The fourth-order valence-electron chi connectivity index (χ4n) is 3.56. The normalized spacial score (nSPS) is 21.0. The molecule has 2 aliphatic rings. The second-order valence-electron chi connectivity index (χ2n) is 6.91. The summed E-state index contributed by atoms with van der Waals surface area (Å²) in [5.41, 5.74) is 3.85. The zero-order chi connectivity index (χ0) is 16.4. The Bertz CT molecular complexity index is 652. The van der Waals surface area contributed by atoms with Crippen LogP contribution in [-0.2, 0) is 24.2 Å². The molecule has 0 spiro atoms. The van der Waals surface area contributed by atoms with Crippen molar-refractivity contribution < 1.29 is 4.74 Å². The number of aryl methyl sites for hydroxylation is 1. The Morgan fingerprint density at radius 1 is 1.25 bits per heavy atom. The van der Waals surface area contributed by atoms with E-state index in [9.17, 15) is 0 Å². The van der Waals surface area contributed by atoms with Crippen LogP contribution in [0.25, 0.3) is 0 Å². The lowest BCUT2D eigenvalue weighted by Gasteiger charge is -2.36. The first-order valence-electron chi connectivity index (χ1n) is 9.11. The summed E-state index contributed by atoms with van der Waals surface area (Å²) < 4.78 is 8.23. The van der Waals surface area contributed by atoms with Gasteiger partial charge in [-0.15, -0.1) is 0 Å². The second kappa shape index (κ2) is 7.03. The van der Waals surface area contributed by atoms with Crippen molar-refractivity contribution in [1.29, 1.82) is 0 Å². The lowest BCUT2D eigenvalue weighted by Crippen LogP contribution is -2.38. The van der Waals surface area contributed by atoms with Gasteiger partial charge in [0.2, 0.25) is 0 Å². The minimum atomic E-state index is 0.275. The monoisotopic (exact) mass is 326 g/mol. The fourth-order valence-corrected chi connectivity index (χ4v) is 3.56. The third-order valence-electron chi connectivity index (χ3n) is 5.10. The van der Waals surface area contributed by atoms with Crippen molar-refractivity contribution >= 4 is 0 Å². The van der Waals surface area contributed by atoms with Gasteiger partial charge in [-0.3, -0.25) is 14.6 Å². The van der Waals surface area contributed by atoms with E-state index in [0.29, 0.717) is 0 Å². The molecule has 128 valence electrons. The summed E-state index contributed by atoms with van der Waals surface area (Å²) in [4.78, 5) is 7.01. The van der Waals surface area contributed by atoms with Gasteiger partial charge in [0.25, 0.3) is 0 Å². The Kier molecular flexibility index (Phi) is 4.63. The van der Waals surface area contributed by atoms with Crippen molar-refractivity contribution in [3.05, 3.63) is 47.5 Å². The first kappa shape index (κ1) is 15.8. The molecule has 5 heteroatoms. The van der Waals surface area contributed by atoms with Gasteiger partial charge in [-0.2, -0.15) is 5.10 Å². The first-order valence-corrected chi connectivity index (χ1v) is 9.11. The van der Waals surface area contributed by atoms with E-state index in [1.807, 2.05) is 18.5 Å². The van der Waals surface area contributed by atoms with E-state index in [4.69, 9.17) is 4.74 Å². The number of fused-ring (bicyclic) bond motifs is 1. The molecule has 2 aromatic rings. The minimum Gasteiger partial charge on any atom is -0.379 e. The van der Waals surface area contributed by atoms with Gasteiger partial charge in [-0.25, -0.2) is 0 Å². The van der Waals surface area contributed by atoms with Crippen molar-refractivity contribution in [2.45, 2.75) is 45.3 Å². The van der Waals surface area contributed by atoms with Crippen LogP contribution in [0.1, 0.15) is 42.8 Å². The van der Waals surface area contributed by atoms with Gasteiger partial charge in [-0.05, 0) is 49.8 Å². The number of hydrogen-bond acceptors (Lipinski definition) is 4. The predicted molar refractivity (Wildman–Crippen MR) is 92.5 cm³/mol. The molecule has 1 atom stereocenters. The van der Waals surface area contributed by atoms with Crippen LogP contribution in [0.4, 0.5) is 0 Å². The van der Waals surface area contributed by atoms with Gasteiger partial charge in [0.05, 0.1) is 30.2 Å². The summed E-state index contributed by atoms with van der Waals surface area (Å²) in [6, 6.07) is 6.42. The van der Waals surface area contributed by atoms with Crippen LogP contribution in [0.2, 0.25) is 0 Å². The van der Waals surface area contributed by atoms with Crippen LogP contribution in [-0.4, -0.2) is 39.4 Å². The van der Waals surface area contributed by atoms with Crippen molar-refractivity contribution in [3.63, 3.8) is 0 Å². The summed E-state index contributed by atoms with van der Waals surface area (Å²) in [6.07, 6.45) is 7.65. The molecule has 2 aromatic heterocycles. The quantitative estimate of drug-likeness (QED) is 0.785. The molecule has 0 amide bonds. The lowest BCUT2D eigenvalue weighted by atomic mass is 9.99.